The van der Waals surface area contributed by atoms with Crippen LogP contribution in [0.5, 0.6) is 11.5 Å². The Hall–Kier alpha value is -1.46. The monoisotopic (exact) mass is 458 g/mol. The Bertz CT molecular complexity index is 855. The van der Waals surface area contributed by atoms with Gasteiger partial charge in [0.25, 0.3) is 0 Å². The third kappa shape index (κ3) is 5.12. The topological polar surface area (TPSA) is 65.2 Å². The summed E-state index contributed by atoms with van der Waals surface area (Å²) in [5, 5.41) is 21.3. The van der Waals surface area contributed by atoms with E-state index in [1.165, 1.54) is 12.1 Å². The number of phenolic OH excluding ortho intramolecular Hbond substituents is 2. The predicted octanol–water partition coefficient (Wildman–Crippen LogP) is 6.56. The first kappa shape index (κ1) is 21.3. The third-order valence-electron chi connectivity index (χ3n) is 4.64. The van der Waals surface area contributed by atoms with Crippen LogP contribution in [-0.2, 0) is 0 Å². The van der Waals surface area contributed by atoms with Gasteiger partial charge in [0.15, 0.2) is 0 Å². The Kier molecular flexibility index (Phi) is 7.10. The summed E-state index contributed by atoms with van der Waals surface area (Å²) < 4.78 is 0. The molecule has 0 amide bonds. The average Bonchev–Trinajstić information content (AvgIpc) is 2.66. The van der Waals surface area contributed by atoms with E-state index in [0.717, 1.165) is 25.7 Å². The minimum atomic E-state index is -0.0382. The second-order valence-electron chi connectivity index (χ2n) is 6.63. The van der Waals surface area contributed by atoms with Gasteiger partial charge in [-0.25, -0.2) is 0 Å². The van der Waals surface area contributed by atoms with Gasteiger partial charge in [-0.15, -0.1) is 0 Å². The molecule has 1 aliphatic rings. The van der Waals surface area contributed by atoms with Crippen molar-refractivity contribution in [1.82, 2.24) is 0 Å². The van der Waals surface area contributed by atoms with Gasteiger partial charge in [-0.2, -0.15) is 0 Å². The first-order valence-electron chi connectivity index (χ1n) is 8.77. The van der Waals surface area contributed by atoms with Gasteiger partial charge in [-0.05, 0) is 25.0 Å². The number of aromatic hydroxyl groups is 2. The van der Waals surface area contributed by atoms with Crippen LogP contribution in [0.25, 0.3) is 0 Å². The molecule has 2 N–H and O–H groups in total. The fourth-order valence-electron chi connectivity index (χ4n) is 3.10. The molecule has 0 unspecified atom stereocenters. The highest BCUT2D eigenvalue weighted by atomic mass is 35.5. The van der Waals surface area contributed by atoms with E-state index < -0.39 is 0 Å². The number of halogens is 4. The zero-order valence-electron chi connectivity index (χ0n) is 14.7. The molecule has 3 rings (SSSR count). The van der Waals surface area contributed by atoms with Crippen LogP contribution < -0.4 is 0 Å². The summed E-state index contributed by atoms with van der Waals surface area (Å²) in [5.41, 5.74) is 1.01. The van der Waals surface area contributed by atoms with Crippen LogP contribution >= 0.6 is 46.4 Å². The van der Waals surface area contributed by atoms with E-state index in [2.05, 4.69) is 9.98 Å². The first-order chi connectivity index (χ1) is 13.3. The van der Waals surface area contributed by atoms with E-state index in [4.69, 9.17) is 46.4 Å². The van der Waals surface area contributed by atoms with Gasteiger partial charge in [0, 0.05) is 35.7 Å². The van der Waals surface area contributed by atoms with Crippen molar-refractivity contribution in [3.63, 3.8) is 0 Å². The number of phenols is 2. The first-order valence-corrected chi connectivity index (χ1v) is 10.3. The smallest absolute Gasteiger partial charge is 0.125 e. The second kappa shape index (κ2) is 9.36. The number of hydrogen-bond donors (Lipinski definition) is 2. The van der Waals surface area contributed by atoms with Gasteiger partial charge in [-0.3, -0.25) is 9.98 Å². The number of nitrogens with zero attached hydrogens (tertiary/aromatic N) is 2. The van der Waals surface area contributed by atoms with Crippen molar-refractivity contribution in [2.75, 3.05) is 0 Å². The minimum absolute atomic E-state index is 0.0229. The summed E-state index contributed by atoms with van der Waals surface area (Å²) in [7, 11) is 0. The van der Waals surface area contributed by atoms with Crippen molar-refractivity contribution in [3.05, 3.63) is 55.5 Å². The Morgan fingerprint density at radius 2 is 1.04 bits per heavy atom. The van der Waals surface area contributed by atoms with Crippen LogP contribution in [0, 0.1) is 0 Å². The molecule has 2 aromatic rings. The van der Waals surface area contributed by atoms with Crippen molar-refractivity contribution >= 4 is 58.8 Å². The summed E-state index contributed by atoms with van der Waals surface area (Å²) in [6.45, 7) is 0. The average molecular weight is 460 g/mol. The maximum absolute atomic E-state index is 10.0. The minimum Gasteiger partial charge on any atom is -0.507 e. The van der Waals surface area contributed by atoms with Gasteiger partial charge < -0.3 is 10.2 Å². The van der Waals surface area contributed by atoms with Crippen LogP contribution in [0.4, 0.5) is 0 Å². The van der Waals surface area contributed by atoms with Gasteiger partial charge in [0.05, 0.1) is 32.2 Å². The Balaban J connectivity index is 1.79. The van der Waals surface area contributed by atoms with Gasteiger partial charge >= 0.3 is 0 Å². The molecule has 8 heteroatoms. The van der Waals surface area contributed by atoms with Gasteiger partial charge in [0.1, 0.15) is 11.5 Å². The number of hydrogen-bond acceptors (Lipinski definition) is 4. The maximum atomic E-state index is 10.0. The van der Waals surface area contributed by atoms with Crippen LogP contribution in [0.2, 0.25) is 20.1 Å². The SMILES string of the molecule is Oc1cc(Cl)c(Cl)cc1C=N[C@@H]1CCCC[C@H]1N=Cc1cc(Cl)c(Cl)cc1O. The fraction of sp³-hybridized carbons (Fsp3) is 0.300. The highest BCUT2D eigenvalue weighted by molar-refractivity contribution is 6.42. The Morgan fingerprint density at radius 3 is 1.43 bits per heavy atom. The van der Waals surface area contributed by atoms with Crippen LogP contribution in [0.3, 0.4) is 0 Å². The van der Waals surface area contributed by atoms with E-state index in [-0.39, 0.29) is 33.6 Å². The van der Waals surface area contributed by atoms with E-state index in [1.54, 1.807) is 24.6 Å². The normalized spacial score (nSPS) is 20.3. The number of benzene rings is 2. The molecule has 28 heavy (non-hydrogen) atoms. The molecule has 0 saturated heterocycles. The molecule has 0 bridgehead atoms. The van der Waals surface area contributed by atoms with Crippen molar-refractivity contribution in [2.24, 2.45) is 9.98 Å². The van der Waals surface area contributed by atoms with E-state index in [9.17, 15) is 10.2 Å². The van der Waals surface area contributed by atoms with Crippen molar-refractivity contribution < 1.29 is 10.2 Å². The van der Waals surface area contributed by atoms with Gasteiger partial charge in [-0.1, -0.05) is 59.2 Å². The summed E-state index contributed by atoms with van der Waals surface area (Å²) in [6.07, 6.45) is 7.08. The lowest BCUT2D eigenvalue weighted by atomic mass is 9.91. The molecular weight excluding hydrogens is 442 g/mol. The molecule has 1 aliphatic carbocycles. The van der Waals surface area contributed by atoms with E-state index in [0.29, 0.717) is 21.2 Å². The van der Waals surface area contributed by atoms with Crippen LogP contribution in [-0.4, -0.2) is 34.7 Å². The zero-order valence-corrected chi connectivity index (χ0v) is 17.8. The lowest BCUT2D eigenvalue weighted by Gasteiger charge is -2.25. The molecule has 0 spiro atoms. The highest BCUT2D eigenvalue weighted by Crippen LogP contribution is 2.31. The maximum Gasteiger partial charge on any atom is 0.125 e. The summed E-state index contributed by atoms with van der Waals surface area (Å²) in [5.74, 6) is 0.0458. The van der Waals surface area contributed by atoms with E-state index in [1.807, 2.05) is 0 Å². The van der Waals surface area contributed by atoms with E-state index >= 15 is 0 Å². The molecule has 4 nitrogen and oxygen atoms in total. The lowest BCUT2D eigenvalue weighted by Crippen LogP contribution is -2.27. The van der Waals surface area contributed by atoms with Crippen molar-refractivity contribution in [1.29, 1.82) is 0 Å². The summed E-state index contributed by atoms with van der Waals surface area (Å²) in [6, 6.07) is 5.88. The molecule has 148 valence electrons. The third-order valence-corrected chi connectivity index (χ3v) is 6.09. The second-order valence-corrected chi connectivity index (χ2v) is 8.25. The Morgan fingerprint density at radius 1 is 0.679 bits per heavy atom. The Labute approximate surface area is 183 Å². The molecule has 1 saturated carbocycles. The molecular formula is C20H18Cl4N2O2. The molecule has 0 aliphatic heterocycles. The fourth-order valence-corrected chi connectivity index (χ4v) is 3.76. The van der Waals surface area contributed by atoms with Gasteiger partial charge in [0.2, 0.25) is 0 Å². The molecule has 2 aromatic carbocycles. The standard InChI is InChI=1S/C20H18Cl4N2O2/c21-13-5-11(19(27)7-15(13)23)9-25-17-3-1-2-4-18(17)26-10-12-6-14(22)16(24)8-20(12)28/h5-10,17-18,27-28H,1-4H2/t17-,18-/m1/s1. The lowest BCUT2D eigenvalue weighted by molar-refractivity contribution is 0.390. The quantitative estimate of drug-likeness (QED) is 0.508. The summed E-state index contributed by atoms with van der Waals surface area (Å²) in [4.78, 5) is 9.25. The number of rotatable bonds is 4. The predicted molar refractivity (Wildman–Crippen MR) is 117 cm³/mol. The molecule has 1 fully saturated rings. The van der Waals surface area contributed by atoms with Crippen LogP contribution in [0.1, 0.15) is 36.8 Å². The van der Waals surface area contributed by atoms with Crippen LogP contribution in [0.15, 0.2) is 34.3 Å². The van der Waals surface area contributed by atoms with Crippen molar-refractivity contribution in [3.8, 4) is 11.5 Å². The molecule has 2 atom stereocenters. The van der Waals surface area contributed by atoms with Crippen molar-refractivity contribution in [2.45, 2.75) is 37.8 Å². The molecule has 0 radical (unpaired) electrons. The zero-order chi connectivity index (χ0) is 20.3. The molecule has 0 heterocycles. The highest BCUT2D eigenvalue weighted by Gasteiger charge is 2.23. The number of aliphatic imine (C=N–C) groups is 2. The summed E-state index contributed by atoms with van der Waals surface area (Å²) >= 11 is 23.8. The largest absolute Gasteiger partial charge is 0.507 e. The molecule has 0 aromatic heterocycles.